The van der Waals surface area contributed by atoms with Gasteiger partial charge >= 0.3 is 0 Å². The minimum atomic E-state index is -0.435. The minimum Gasteiger partial charge on any atom is -0.381 e. The summed E-state index contributed by atoms with van der Waals surface area (Å²) in [5.74, 6) is 0.0811. The van der Waals surface area contributed by atoms with E-state index in [-0.39, 0.29) is 23.7 Å². The van der Waals surface area contributed by atoms with Gasteiger partial charge in [0.15, 0.2) is 0 Å². The molecule has 1 amide bonds. The average molecular weight is 311 g/mol. The van der Waals surface area contributed by atoms with Gasteiger partial charge in [-0.2, -0.15) is 0 Å². The molecule has 0 saturated carbocycles. The van der Waals surface area contributed by atoms with Crippen molar-refractivity contribution in [2.45, 2.75) is 25.3 Å². The van der Waals surface area contributed by atoms with Crippen molar-refractivity contribution in [3.63, 3.8) is 0 Å². The topological polar surface area (TPSA) is 55.6 Å². The monoisotopic (exact) mass is 310 g/mol. The van der Waals surface area contributed by atoms with Crippen molar-refractivity contribution in [2.75, 3.05) is 26.3 Å². The fourth-order valence-electron chi connectivity index (χ4n) is 3.28. The number of nitrogens with zero attached hydrogens (tertiary/aromatic N) is 1. The van der Waals surface area contributed by atoms with Gasteiger partial charge in [-0.3, -0.25) is 4.79 Å². The Hall–Kier alpha value is -1.10. The Labute approximate surface area is 132 Å². The van der Waals surface area contributed by atoms with E-state index in [2.05, 4.69) is 0 Å². The molecule has 2 N–H and O–H groups in total. The number of amides is 1. The van der Waals surface area contributed by atoms with Gasteiger partial charge in [-0.15, -0.1) is 12.4 Å². The van der Waals surface area contributed by atoms with Crippen molar-refractivity contribution < 1.29 is 9.53 Å². The number of hydrogen-bond acceptors (Lipinski definition) is 3. The van der Waals surface area contributed by atoms with Gasteiger partial charge in [-0.1, -0.05) is 30.3 Å². The summed E-state index contributed by atoms with van der Waals surface area (Å²) in [4.78, 5) is 14.4. The molecule has 5 heteroatoms. The number of likely N-dealkylation sites (tertiary alicyclic amines) is 1. The lowest BCUT2D eigenvalue weighted by Gasteiger charge is -2.24. The van der Waals surface area contributed by atoms with Crippen LogP contribution in [0.25, 0.3) is 0 Å². The first-order chi connectivity index (χ1) is 9.69. The number of ether oxygens (including phenoxy) is 1. The van der Waals surface area contributed by atoms with Gasteiger partial charge < -0.3 is 15.4 Å². The zero-order chi connectivity index (χ0) is 14.0. The van der Waals surface area contributed by atoms with Gasteiger partial charge in [0, 0.05) is 25.1 Å². The summed E-state index contributed by atoms with van der Waals surface area (Å²) in [6.45, 7) is 3.27. The lowest BCUT2D eigenvalue weighted by Crippen LogP contribution is -2.44. The number of halogens is 1. The molecule has 1 aromatic rings. The molecular formula is C16H23ClN2O2. The Morgan fingerprint density at radius 1 is 1.33 bits per heavy atom. The van der Waals surface area contributed by atoms with Crippen molar-refractivity contribution in [1.82, 2.24) is 4.90 Å². The second-order valence-corrected chi connectivity index (χ2v) is 6.11. The van der Waals surface area contributed by atoms with Crippen LogP contribution in [0.1, 0.15) is 18.4 Å². The van der Waals surface area contributed by atoms with Crippen LogP contribution in [0.3, 0.4) is 0 Å². The second kappa shape index (κ2) is 6.77. The third kappa shape index (κ3) is 3.57. The van der Waals surface area contributed by atoms with E-state index in [0.29, 0.717) is 6.42 Å². The Morgan fingerprint density at radius 2 is 2.10 bits per heavy atom. The van der Waals surface area contributed by atoms with Crippen molar-refractivity contribution in [2.24, 2.45) is 11.1 Å². The lowest BCUT2D eigenvalue weighted by atomic mass is 9.87. The molecule has 1 spiro atoms. The van der Waals surface area contributed by atoms with E-state index in [1.807, 2.05) is 35.2 Å². The summed E-state index contributed by atoms with van der Waals surface area (Å²) in [7, 11) is 0. The average Bonchev–Trinajstić information content (AvgIpc) is 3.10. The Balaban J connectivity index is 0.00000161. The van der Waals surface area contributed by atoms with E-state index in [1.54, 1.807) is 0 Å². The van der Waals surface area contributed by atoms with Crippen molar-refractivity contribution in [3.8, 4) is 0 Å². The van der Waals surface area contributed by atoms with Crippen molar-refractivity contribution >= 4 is 18.3 Å². The van der Waals surface area contributed by atoms with Crippen LogP contribution in [0.15, 0.2) is 30.3 Å². The van der Waals surface area contributed by atoms with E-state index in [1.165, 1.54) is 0 Å². The number of carbonyl (C=O) groups is 1. The molecule has 2 saturated heterocycles. The van der Waals surface area contributed by atoms with E-state index in [4.69, 9.17) is 10.5 Å². The van der Waals surface area contributed by atoms with Crippen LogP contribution in [0.2, 0.25) is 0 Å². The van der Waals surface area contributed by atoms with Crippen LogP contribution in [-0.4, -0.2) is 43.2 Å². The van der Waals surface area contributed by atoms with E-state index in [9.17, 15) is 4.79 Å². The smallest absolute Gasteiger partial charge is 0.239 e. The molecule has 0 radical (unpaired) electrons. The highest BCUT2D eigenvalue weighted by molar-refractivity contribution is 5.85. The minimum absolute atomic E-state index is 0. The van der Waals surface area contributed by atoms with Crippen LogP contribution in [0.5, 0.6) is 0 Å². The Bertz CT molecular complexity index is 474. The molecule has 21 heavy (non-hydrogen) atoms. The molecule has 2 fully saturated rings. The van der Waals surface area contributed by atoms with Gasteiger partial charge in [-0.25, -0.2) is 0 Å². The summed E-state index contributed by atoms with van der Waals surface area (Å²) in [6.07, 6.45) is 2.74. The predicted molar refractivity (Wildman–Crippen MR) is 84.4 cm³/mol. The summed E-state index contributed by atoms with van der Waals surface area (Å²) < 4.78 is 5.50. The number of carbonyl (C=O) groups excluding carboxylic acids is 1. The van der Waals surface area contributed by atoms with Crippen LogP contribution in [0.4, 0.5) is 0 Å². The highest BCUT2D eigenvalue weighted by atomic mass is 35.5. The van der Waals surface area contributed by atoms with Gasteiger partial charge in [0.25, 0.3) is 0 Å². The molecule has 2 heterocycles. The lowest BCUT2D eigenvalue weighted by molar-refractivity contribution is -0.131. The molecule has 116 valence electrons. The zero-order valence-corrected chi connectivity index (χ0v) is 13.0. The Kier molecular flexibility index (Phi) is 5.25. The largest absolute Gasteiger partial charge is 0.381 e. The normalized spacial score (nSPS) is 25.9. The highest BCUT2D eigenvalue weighted by Crippen LogP contribution is 2.38. The fourth-order valence-corrected chi connectivity index (χ4v) is 3.28. The number of nitrogens with two attached hydrogens (primary N) is 1. The van der Waals surface area contributed by atoms with Crippen LogP contribution in [-0.2, 0) is 16.0 Å². The van der Waals surface area contributed by atoms with Crippen molar-refractivity contribution in [1.29, 1.82) is 0 Å². The summed E-state index contributed by atoms with van der Waals surface area (Å²) >= 11 is 0. The third-order valence-electron chi connectivity index (χ3n) is 4.55. The Morgan fingerprint density at radius 3 is 2.76 bits per heavy atom. The summed E-state index contributed by atoms with van der Waals surface area (Å²) in [5, 5.41) is 0. The van der Waals surface area contributed by atoms with E-state index < -0.39 is 6.04 Å². The molecule has 0 aromatic heterocycles. The number of benzene rings is 1. The van der Waals surface area contributed by atoms with Gasteiger partial charge in [0.1, 0.15) is 0 Å². The molecule has 1 aromatic carbocycles. The molecule has 2 aliphatic rings. The number of hydrogen-bond donors (Lipinski definition) is 1. The first kappa shape index (κ1) is 16.3. The van der Waals surface area contributed by atoms with Crippen LogP contribution in [0, 0.1) is 5.41 Å². The van der Waals surface area contributed by atoms with E-state index >= 15 is 0 Å². The van der Waals surface area contributed by atoms with Gasteiger partial charge in [-0.05, 0) is 24.8 Å². The summed E-state index contributed by atoms with van der Waals surface area (Å²) in [5.41, 5.74) is 7.42. The molecule has 4 nitrogen and oxygen atoms in total. The highest BCUT2D eigenvalue weighted by Gasteiger charge is 2.43. The molecule has 1 unspecified atom stereocenters. The molecule has 0 aliphatic carbocycles. The quantitative estimate of drug-likeness (QED) is 0.923. The van der Waals surface area contributed by atoms with E-state index in [0.717, 1.165) is 44.7 Å². The van der Waals surface area contributed by atoms with Gasteiger partial charge in [0.2, 0.25) is 5.91 Å². The molecule has 3 rings (SSSR count). The van der Waals surface area contributed by atoms with Crippen LogP contribution >= 0.6 is 12.4 Å². The standard InChI is InChI=1S/C16H22N2O2.ClH/c17-14(10-13-4-2-1-3-5-13)15(19)18-8-6-16(11-18)7-9-20-12-16;/h1-5,14H,6-12,17H2;1H/t14-,16?;/m0./s1. The third-order valence-corrected chi connectivity index (χ3v) is 4.55. The van der Waals surface area contributed by atoms with Crippen LogP contribution < -0.4 is 5.73 Å². The maximum absolute atomic E-state index is 12.4. The maximum atomic E-state index is 12.4. The predicted octanol–water partition coefficient (Wildman–Crippen LogP) is 1.62. The second-order valence-electron chi connectivity index (χ2n) is 6.11. The first-order valence-corrected chi connectivity index (χ1v) is 7.35. The number of rotatable bonds is 3. The maximum Gasteiger partial charge on any atom is 0.239 e. The summed E-state index contributed by atoms with van der Waals surface area (Å²) in [6, 6.07) is 9.53. The zero-order valence-electron chi connectivity index (χ0n) is 12.2. The first-order valence-electron chi connectivity index (χ1n) is 7.35. The van der Waals surface area contributed by atoms with Crippen molar-refractivity contribution in [3.05, 3.63) is 35.9 Å². The molecular weight excluding hydrogens is 288 g/mol. The molecule has 2 aliphatic heterocycles. The van der Waals surface area contributed by atoms with Gasteiger partial charge in [0.05, 0.1) is 12.6 Å². The molecule has 0 bridgehead atoms. The fraction of sp³-hybridized carbons (Fsp3) is 0.562. The SMILES string of the molecule is Cl.N[C@@H](Cc1ccccc1)C(=O)N1CCC2(CCOC2)C1. The molecule has 2 atom stereocenters.